The van der Waals surface area contributed by atoms with Crippen LogP contribution in [-0.4, -0.2) is 24.2 Å². The van der Waals surface area contributed by atoms with Crippen molar-refractivity contribution in [2.45, 2.75) is 39.7 Å². The second-order valence-corrected chi connectivity index (χ2v) is 9.51. The second-order valence-electron chi connectivity index (χ2n) is 8.48. The summed E-state index contributed by atoms with van der Waals surface area (Å²) in [6.07, 6.45) is 7.61. The van der Waals surface area contributed by atoms with E-state index >= 15 is 0 Å². The van der Waals surface area contributed by atoms with E-state index in [4.69, 9.17) is 16.9 Å². The largest absolute Gasteiger partial charge is 0.404 e. The summed E-state index contributed by atoms with van der Waals surface area (Å²) in [4.78, 5) is 17.5. The van der Waals surface area contributed by atoms with Gasteiger partial charge in [0, 0.05) is 43.2 Å². The lowest BCUT2D eigenvalue weighted by molar-refractivity contribution is 0.0954. The molecule has 1 heterocycles. The first-order chi connectivity index (χ1) is 15.6. The van der Waals surface area contributed by atoms with E-state index in [0.29, 0.717) is 22.9 Å². The number of carbonyl (C=O) groups excluding carboxylic acids is 1. The number of aromatic nitrogens is 1. The highest BCUT2D eigenvalue weighted by Crippen LogP contribution is 2.27. The molecule has 0 bridgehead atoms. The highest BCUT2D eigenvalue weighted by atomic mass is 32.1. The summed E-state index contributed by atoms with van der Waals surface area (Å²) in [5.74, 6) is 0.220. The van der Waals surface area contributed by atoms with E-state index in [-0.39, 0.29) is 11.3 Å². The van der Waals surface area contributed by atoms with Crippen LogP contribution in [0.25, 0.3) is 5.57 Å². The molecule has 1 amide bonds. The third-order valence-corrected chi connectivity index (χ3v) is 6.14. The zero-order chi connectivity index (χ0) is 24.6. The number of allylic oxidation sites excluding steroid dienone is 3. The van der Waals surface area contributed by atoms with Gasteiger partial charge in [-0.2, -0.15) is 0 Å². The quantitative estimate of drug-likeness (QED) is 0.247. The van der Waals surface area contributed by atoms with Crippen molar-refractivity contribution in [3.8, 4) is 0 Å². The van der Waals surface area contributed by atoms with Crippen molar-refractivity contribution in [1.29, 1.82) is 5.41 Å². The molecule has 1 aromatic heterocycles. The van der Waals surface area contributed by atoms with Crippen molar-refractivity contribution in [1.82, 2.24) is 20.9 Å². The van der Waals surface area contributed by atoms with Crippen molar-refractivity contribution in [3.63, 3.8) is 0 Å². The summed E-state index contributed by atoms with van der Waals surface area (Å²) in [5, 5.41) is 17.1. The lowest BCUT2D eigenvalue weighted by Crippen LogP contribution is -2.22. The van der Waals surface area contributed by atoms with Crippen LogP contribution in [-0.2, 0) is 12.0 Å². The van der Waals surface area contributed by atoms with Crippen LogP contribution in [0.15, 0.2) is 54.4 Å². The number of thiazole rings is 1. The summed E-state index contributed by atoms with van der Waals surface area (Å²) in [7, 11) is 1.74. The van der Waals surface area contributed by atoms with E-state index < -0.39 is 0 Å². The Hall–Kier alpha value is -3.59. The molecule has 33 heavy (non-hydrogen) atoms. The second kappa shape index (κ2) is 11.3. The van der Waals surface area contributed by atoms with Crippen LogP contribution in [0.3, 0.4) is 0 Å². The Morgan fingerprint density at radius 1 is 1.30 bits per heavy atom. The van der Waals surface area contributed by atoms with Gasteiger partial charge in [-0.3, -0.25) is 4.79 Å². The van der Waals surface area contributed by atoms with Crippen LogP contribution >= 0.6 is 11.3 Å². The van der Waals surface area contributed by atoms with Gasteiger partial charge in [0.05, 0.1) is 16.9 Å². The predicted octanol–water partition coefficient (Wildman–Crippen LogP) is 3.08. The maximum atomic E-state index is 12.6. The van der Waals surface area contributed by atoms with Gasteiger partial charge in [0.25, 0.3) is 5.91 Å². The van der Waals surface area contributed by atoms with Crippen LogP contribution in [0.4, 0.5) is 0 Å². The molecule has 0 aliphatic rings. The molecular formula is C24H33N7OS. The van der Waals surface area contributed by atoms with E-state index in [1.807, 2.05) is 25.1 Å². The van der Waals surface area contributed by atoms with Gasteiger partial charge in [-0.1, -0.05) is 39.0 Å². The van der Waals surface area contributed by atoms with Crippen LogP contribution in [0, 0.1) is 12.3 Å². The zero-order valence-electron chi connectivity index (χ0n) is 19.7. The number of rotatable bonds is 9. The minimum absolute atomic E-state index is 0.0819. The van der Waals surface area contributed by atoms with Gasteiger partial charge in [-0.05, 0) is 29.7 Å². The molecule has 0 radical (unpaired) electrons. The Bertz CT molecular complexity index is 1090. The number of nitrogens with one attached hydrogen (secondary N) is 4. The highest BCUT2D eigenvalue weighted by Gasteiger charge is 2.20. The lowest BCUT2D eigenvalue weighted by atomic mass is 9.98. The maximum Gasteiger partial charge on any atom is 0.263 e. The molecule has 0 saturated heterocycles. The molecule has 9 heteroatoms. The number of benzene rings is 1. The summed E-state index contributed by atoms with van der Waals surface area (Å²) < 4.78 is 0. The SMILES string of the molecule is CN/C=C(\C=N)N/C(N)=C/C(=C\N)c1ccc(CNC(=O)c2cnc(C(C)(C)C)s2)c(C)c1. The fourth-order valence-electron chi connectivity index (χ4n) is 2.93. The zero-order valence-corrected chi connectivity index (χ0v) is 20.6. The van der Waals surface area contributed by atoms with Crippen molar-refractivity contribution in [2.24, 2.45) is 11.5 Å². The number of carbonyl (C=O) groups is 1. The van der Waals surface area contributed by atoms with Crippen molar-refractivity contribution in [3.05, 3.63) is 81.0 Å². The predicted molar refractivity (Wildman–Crippen MR) is 137 cm³/mol. The molecule has 0 aliphatic heterocycles. The van der Waals surface area contributed by atoms with E-state index in [1.165, 1.54) is 17.5 Å². The molecule has 0 saturated carbocycles. The first-order valence-electron chi connectivity index (χ1n) is 10.5. The average molecular weight is 468 g/mol. The van der Waals surface area contributed by atoms with Crippen molar-refractivity contribution < 1.29 is 4.79 Å². The fourth-order valence-corrected chi connectivity index (χ4v) is 3.82. The Balaban J connectivity index is 2.09. The summed E-state index contributed by atoms with van der Waals surface area (Å²) in [5.41, 5.74) is 16.0. The monoisotopic (exact) mass is 467 g/mol. The van der Waals surface area contributed by atoms with E-state index in [9.17, 15) is 4.79 Å². The Morgan fingerprint density at radius 3 is 2.58 bits per heavy atom. The molecule has 0 unspecified atom stereocenters. The molecule has 8 N–H and O–H groups in total. The maximum absolute atomic E-state index is 12.6. The average Bonchev–Trinajstić information content (AvgIpc) is 3.27. The minimum atomic E-state index is -0.132. The first kappa shape index (κ1) is 25.7. The van der Waals surface area contributed by atoms with Crippen LogP contribution in [0.5, 0.6) is 0 Å². The smallest absolute Gasteiger partial charge is 0.263 e. The van der Waals surface area contributed by atoms with Gasteiger partial charge in [-0.15, -0.1) is 11.3 Å². The normalized spacial score (nSPS) is 12.9. The topological polar surface area (TPSA) is 142 Å². The van der Waals surface area contributed by atoms with E-state index in [2.05, 4.69) is 41.7 Å². The molecule has 0 atom stereocenters. The Morgan fingerprint density at radius 2 is 2.03 bits per heavy atom. The van der Waals surface area contributed by atoms with Crippen molar-refractivity contribution >= 4 is 29.0 Å². The molecule has 176 valence electrons. The lowest BCUT2D eigenvalue weighted by Gasteiger charge is -2.13. The van der Waals surface area contributed by atoms with E-state index in [1.54, 1.807) is 25.5 Å². The van der Waals surface area contributed by atoms with Gasteiger partial charge >= 0.3 is 0 Å². The van der Waals surface area contributed by atoms with Crippen molar-refractivity contribution in [2.75, 3.05) is 7.05 Å². The van der Waals surface area contributed by atoms with E-state index in [0.717, 1.165) is 33.5 Å². The first-order valence-corrected chi connectivity index (χ1v) is 11.3. The molecule has 8 nitrogen and oxygen atoms in total. The number of hydrogen-bond acceptors (Lipinski definition) is 8. The molecule has 0 aliphatic carbocycles. The van der Waals surface area contributed by atoms with Crippen LogP contribution in [0.1, 0.15) is 52.1 Å². The molecule has 2 rings (SSSR count). The van der Waals surface area contributed by atoms with Gasteiger partial charge < -0.3 is 32.8 Å². The Labute approximate surface area is 199 Å². The summed E-state index contributed by atoms with van der Waals surface area (Å²) in [6.45, 7) is 8.62. The van der Waals surface area contributed by atoms with Gasteiger partial charge in [-0.25, -0.2) is 4.98 Å². The third-order valence-electron chi connectivity index (χ3n) is 4.72. The standard InChI is InChI=1S/C24H33N7OS/c1-15-8-16(18(10-25)9-21(27)31-19(11-26)13-28-5)6-7-17(15)12-29-22(32)20-14-30-23(33-20)24(2,3)4/h6-11,13-14,26,28,31H,12,25,27H2,1-5H3,(H,29,32)/b18-10+,19-13+,21-9+,26-11?. The van der Waals surface area contributed by atoms with Crippen LogP contribution < -0.4 is 27.4 Å². The molecule has 0 fully saturated rings. The Kier molecular flexibility index (Phi) is 8.81. The molecular weight excluding hydrogens is 434 g/mol. The number of nitrogens with two attached hydrogens (primary N) is 2. The molecule has 2 aromatic rings. The molecule has 1 aromatic carbocycles. The highest BCUT2D eigenvalue weighted by molar-refractivity contribution is 7.13. The molecule has 0 spiro atoms. The summed E-state index contributed by atoms with van der Waals surface area (Å²) in [6, 6.07) is 5.89. The van der Waals surface area contributed by atoms with Gasteiger partial charge in [0.15, 0.2) is 0 Å². The third kappa shape index (κ3) is 7.21. The fraction of sp³-hybridized carbons (Fsp3) is 0.292. The number of aryl methyl sites for hydroxylation is 1. The summed E-state index contributed by atoms with van der Waals surface area (Å²) >= 11 is 1.42. The minimum Gasteiger partial charge on any atom is -0.404 e. The number of hydrogen-bond donors (Lipinski definition) is 6. The van der Waals surface area contributed by atoms with Gasteiger partial charge in [0.1, 0.15) is 10.7 Å². The number of amides is 1. The van der Waals surface area contributed by atoms with Gasteiger partial charge in [0.2, 0.25) is 0 Å². The number of nitrogens with zero attached hydrogens (tertiary/aromatic N) is 1. The van der Waals surface area contributed by atoms with Crippen LogP contribution in [0.2, 0.25) is 0 Å².